The maximum absolute atomic E-state index is 5.86. The highest BCUT2D eigenvalue weighted by Crippen LogP contribution is 2.32. The number of hydrogen-bond acceptors (Lipinski definition) is 4. The summed E-state index contributed by atoms with van der Waals surface area (Å²) in [6, 6.07) is 0. The zero-order valence-electron chi connectivity index (χ0n) is 11.7. The maximum Gasteiger partial charge on any atom is 0.137 e. The predicted molar refractivity (Wildman–Crippen MR) is 75.2 cm³/mol. The van der Waals surface area contributed by atoms with Gasteiger partial charge in [-0.05, 0) is 24.9 Å². The molecule has 0 amide bonds. The van der Waals surface area contributed by atoms with E-state index in [0.717, 1.165) is 38.4 Å². The zero-order valence-corrected chi connectivity index (χ0v) is 11.7. The maximum atomic E-state index is 5.86. The molecular formula is C14H21N5O. The summed E-state index contributed by atoms with van der Waals surface area (Å²) in [5.41, 5.74) is 1.24. The molecule has 6 heteroatoms. The molecule has 1 saturated heterocycles. The third-order valence-electron chi connectivity index (χ3n) is 3.88. The molecular weight excluding hydrogens is 254 g/mol. The van der Waals surface area contributed by atoms with Crippen LogP contribution in [0.2, 0.25) is 0 Å². The zero-order chi connectivity index (χ0) is 13.8. The van der Waals surface area contributed by atoms with Gasteiger partial charge in [0.1, 0.15) is 11.9 Å². The Morgan fingerprint density at radius 3 is 3.25 bits per heavy atom. The van der Waals surface area contributed by atoms with Gasteiger partial charge in [-0.25, -0.2) is 4.98 Å². The summed E-state index contributed by atoms with van der Waals surface area (Å²) in [5.74, 6) is 1.53. The van der Waals surface area contributed by atoms with Gasteiger partial charge in [0.05, 0.1) is 6.20 Å². The van der Waals surface area contributed by atoms with Crippen molar-refractivity contribution in [2.75, 3.05) is 19.7 Å². The van der Waals surface area contributed by atoms with Crippen molar-refractivity contribution in [1.82, 2.24) is 25.1 Å². The molecule has 108 valence electrons. The molecule has 2 N–H and O–H groups in total. The van der Waals surface area contributed by atoms with Gasteiger partial charge in [0.2, 0.25) is 0 Å². The van der Waals surface area contributed by atoms with E-state index in [1.807, 2.05) is 31.8 Å². The van der Waals surface area contributed by atoms with E-state index in [2.05, 4.69) is 25.1 Å². The van der Waals surface area contributed by atoms with E-state index in [9.17, 15) is 0 Å². The Morgan fingerprint density at radius 2 is 2.50 bits per heavy atom. The Morgan fingerprint density at radius 1 is 1.55 bits per heavy atom. The Hall–Kier alpha value is -1.66. The molecule has 3 rings (SSSR count). The molecule has 2 aromatic heterocycles. The van der Waals surface area contributed by atoms with E-state index in [1.54, 1.807) is 0 Å². The number of imidazole rings is 1. The number of H-pyrrole nitrogens is 1. The fourth-order valence-electron chi connectivity index (χ4n) is 2.71. The standard InChI is InChI=1S/C14H21N5O/c1-19-6-5-16-14(19)13-12(3-7-20-13)10-15-4-2-11-8-17-18-9-11/h5-6,8-9,12-13,15H,2-4,7,10H2,1H3,(H,17,18)/t12-,13+/m0/s1. The second-order valence-electron chi connectivity index (χ2n) is 5.30. The van der Waals surface area contributed by atoms with Crippen molar-refractivity contribution in [3.05, 3.63) is 36.2 Å². The van der Waals surface area contributed by atoms with Crippen LogP contribution in [-0.2, 0) is 18.2 Å². The molecule has 3 heterocycles. The van der Waals surface area contributed by atoms with E-state index in [-0.39, 0.29) is 6.10 Å². The molecule has 1 aliphatic rings. The van der Waals surface area contributed by atoms with Gasteiger partial charge in [-0.3, -0.25) is 5.10 Å². The minimum absolute atomic E-state index is 0.122. The lowest BCUT2D eigenvalue weighted by Crippen LogP contribution is -2.27. The smallest absolute Gasteiger partial charge is 0.137 e. The lowest BCUT2D eigenvalue weighted by atomic mass is 10.0. The van der Waals surface area contributed by atoms with Crippen LogP contribution >= 0.6 is 0 Å². The molecule has 1 fully saturated rings. The monoisotopic (exact) mass is 275 g/mol. The van der Waals surface area contributed by atoms with Crippen LogP contribution in [-0.4, -0.2) is 39.4 Å². The topological polar surface area (TPSA) is 67.8 Å². The first kappa shape index (κ1) is 13.3. The number of ether oxygens (including phenoxy) is 1. The highest BCUT2D eigenvalue weighted by Gasteiger charge is 2.31. The Bertz CT molecular complexity index is 521. The molecule has 1 aliphatic heterocycles. The number of hydrogen-bond donors (Lipinski definition) is 2. The fraction of sp³-hybridized carbons (Fsp3) is 0.571. The van der Waals surface area contributed by atoms with E-state index in [1.165, 1.54) is 5.56 Å². The summed E-state index contributed by atoms with van der Waals surface area (Å²) < 4.78 is 7.91. The third-order valence-corrected chi connectivity index (χ3v) is 3.88. The van der Waals surface area contributed by atoms with Crippen molar-refractivity contribution in [1.29, 1.82) is 0 Å². The Kier molecular flexibility index (Phi) is 4.13. The van der Waals surface area contributed by atoms with E-state index < -0.39 is 0 Å². The minimum Gasteiger partial charge on any atom is -0.370 e. The normalized spacial score (nSPS) is 22.4. The van der Waals surface area contributed by atoms with Crippen molar-refractivity contribution < 1.29 is 4.74 Å². The predicted octanol–water partition coefficient (Wildman–Crippen LogP) is 1.05. The molecule has 2 atom stereocenters. The molecule has 0 aromatic carbocycles. The minimum atomic E-state index is 0.122. The SMILES string of the molecule is Cn1ccnc1[C@@H]1OCC[C@H]1CNCCc1cn[nH]c1. The molecule has 0 saturated carbocycles. The van der Waals surface area contributed by atoms with Crippen LogP contribution in [0.1, 0.15) is 23.9 Å². The van der Waals surface area contributed by atoms with Gasteiger partial charge >= 0.3 is 0 Å². The lowest BCUT2D eigenvalue weighted by Gasteiger charge is -2.18. The second kappa shape index (κ2) is 6.19. The molecule has 20 heavy (non-hydrogen) atoms. The first-order valence-corrected chi connectivity index (χ1v) is 7.12. The van der Waals surface area contributed by atoms with E-state index in [0.29, 0.717) is 5.92 Å². The first-order chi connectivity index (χ1) is 9.84. The van der Waals surface area contributed by atoms with Crippen molar-refractivity contribution in [2.45, 2.75) is 18.9 Å². The number of aryl methyl sites for hydroxylation is 1. The van der Waals surface area contributed by atoms with Crippen LogP contribution in [0.15, 0.2) is 24.8 Å². The highest BCUT2D eigenvalue weighted by molar-refractivity contribution is 5.03. The Labute approximate surface area is 118 Å². The van der Waals surface area contributed by atoms with Crippen molar-refractivity contribution >= 4 is 0 Å². The summed E-state index contributed by atoms with van der Waals surface area (Å²) in [4.78, 5) is 4.41. The molecule has 0 bridgehead atoms. The average molecular weight is 275 g/mol. The summed E-state index contributed by atoms with van der Waals surface area (Å²) in [6.07, 6.45) is 9.83. The van der Waals surface area contributed by atoms with Gasteiger partial charge < -0.3 is 14.6 Å². The molecule has 0 unspecified atom stereocenters. The highest BCUT2D eigenvalue weighted by atomic mass is 16.5. The summed E-state index contributed by atoms with van der Waals surface area (Å²) in [5, 5.41) is 10.3. The van der Waals surface area contributed by atoms with Crippen LogP contribution in [0.25, 0.3) is 0 Å². The number of rotatable bonds is 6. The average Bonchev–Trinajstić information content (AvgIpc) is 3.16. The second-order valence-corrected chi connectivity index (χ2v) is 5.30. The number of nitrogens with one attached hydrogen (secondary N) is 2. The lowest BCUT2D eigenvalue weighted by molar-refractivity contribution is 0.0812. The van der Waals surface area contributed by atoms with Gasteiger partial charge in [0.25, 0.3) is 0 Å². The van der Waals surface area contributed by atoms with Gasteiger partial charge in [-0.2, -0.15) is 5.10 Å². The third kappa shape index (κ3) is 2.91. The van der Waals surface area contributed by atoms with Gasteiger partial charge in [-0.15, -0.1) is 0 Å². The van der Waals surface area contributed by atoms with E-state index in [4.69, 9.17) is 4.74 Å². The Balaban J connectivity index is 1.48. The molecule has 0 radical (unpaired) electrons. The van der Waals surface area contributed by atoms with Gasteiger partial charge in [-0.1, -0.05) is 0 Å². The fourth-order valence-corrected chi connectivity index (χ4v) is 2.71. The van der Waals surface area contributed by atoms with Crippen molar-refractivity contribution in [2.24, 2.45) is 13.0 Å². The first-order valence-electron chi connectivity index (χ1n) is 7.12. The van der Waals surface area contributed by atoms with Crippen LogP contribution < -0.4 is 5.32 Å². The largest absolute Gasteiger partial charge is 0.370 e. The van der Waals surface area contributed by atoms with E-state index >= 15 is 0 Å². The molecule has 6 nitrogen and oxygen atoms in total. The van der Waals surface area contributed by atoms with Gasteiger partial charge in [0.15, 0.2) is 0 Å². The summed E-state index contributed by atoms with van der Waals surface area (Å²) in [6.45, 7) is 2.75. The molecule has 0 spiro atoms. The molecule has 2 aromatic rings. The van der Waals surface area contributed by atoms with Crippen LogP contribution in [0.5, 0.6) is 0 Å². The van der Waals surface area contributed by atoms with Crippen molar-refractivity contribution in [3.8, 4) is 0 Å². The number of aromatic nitrogens is 4. The number of nitrogens with zero attached hydrogens (tertiary/aromatic N) is 3. The van der Waals surface area contributed by atoms with Crippen LogP contribution in [0, 0.1) is 5.92 Å². The van der Waals surface area contributed by atoms with Crippen molar-refractivity contribution in [3.63, 3.8) is 0 Å². The van der Waals surface area contributed by atoms with Gasteiger partial charge in [0, 0.05) is 44.7 Å². The summed E-state index contributed by atoms with van der Waals surface area (Å²) in [7, 11) is 2.02. The number of aromatic amines is 1. The molecule has 0 aliphatic carbocycles. The quantitative estimate of drug-likeness (QED) is 0.773. The van der Waals surface area contributed by atoms with Crippen LogP contribution in [0.4, 0.5) is 0 Å². The van der Waals surface area contributed by atoms with Crippen LogP contribution in [0.3, 0.4) is 0 Å². The summed E-state index contributed by atoms with van der Waals surface area (Å²) >= 11 is 0.